The Kier molecular flexibility index (Phi) is 3.70. The highest BCUT2D eigenvalue weighted by Gasteiger charge is 2.30. The molecule has 0 aliphatic heterocycles. The molecular formula is C11H7F3N2O2S. The fourth-order valence-corrected chi connectivity index (χ4v) is 1.79. The minimum absolute atomic E-state index is 0.251. The van der Waals surface area contributed by atoms with Gasteiger partial charge < -0.3 is 10.1 Å². The van der Waals surface area contributed by atoms with Crippen LogP contribution in [0.15, 0.2) is 35.2 Å². The van der Waals surface area contributed by atoms with E-state index in [-0.39, 0.29) is 11.4 Å². The Morgan fingerprint density at radius 1 is 1.26 bits per heavy atom. The summed E-state index contributed by atoms with van der Waals surface area (Å²) >= 11 is 1.27. The SMILES string of the molecule is O=C(Nc1ccc(OC(F)(F)F)cc1)c1cscn1. The maximum atomic E-state index is 11.9. The monoisotopic (exact) mass is 288 g/mol. The number of thiazole rings is 1. The van der Waals surface area contributed by atoms with Crippen LogP contribution < -0.4 is 10.1 Å². The maximum absolute atomic E-state index is 11.9. The molecule has 1 aromatic carbocycles. The summed E-state index contributed by atoms with van der Waals surface area (Å²) in [5.74, 6) is -0.773. The van der Waals surface area contributed by atoms with Gasteiger partial charge in [0.25, 0.3) is 5.91 Å². The molecule has 1 amide bonds. The maximum Gasteiger partial charge on any atom is 0.573 e. The summed E-state index contributed by atoms with van der Waals surface area (Å²) in [6.45, 7) is 0. The highest BCUT2D eigenvalue weighted by atomic mass is 32.1. The molecule has 0 saturated carbocycles. The smallest absolute Gasteiger partial charge is 0.406 e. The van der Waals surface area contributed by atoms with E-state index in [9.17, 15) is 18.0 Å². The number of hydrogen-bond acceptors (Lipinski definition) is 4. The fourth-order valence-electron chi connectivity index (χ4n) is 1.26. The Labute approximate surface area is 109 Å². The van der Waals surface area contributed by atoms with Gasteiger partial charge in [0.05, 0.1) is 5.51 Å². The van der Waals surface area contributed by atoms with E-state index in [0.29, 0.717) is 5.69 Å². The van der Waals surface area contributed by atoms with Gasteiger partial charge in [0.2, 0.25) is 0 Å². The minimum Gasteiger partial charge on any atom is -0.406 e. The molecule has 1 heterocycles. The van der Waals surface area contributed by atoms with Gasteiger partial charge in [0.1, 0.15) is 11.4 Å². The van der Waals surface area contributed by atoms with Crippen molar-refractivity contribution in [1.29, 1.82) is 0 Å². The van der Waals surface area contributed by atoms with Crippen molar-refractivity contribution in [3.05, 3.63) is 40.8 Å². The van der Waals surface area contributed by atoms with Crippen LogP contribution in [0.4, 0.5) is 18.9 Å². The van der Waals surface area contributed by atoms with Crippen molar-refractivity contribution in [3.8, 4) is 5.75 Å². The summed E-state index contributed by atoms with van der Waals surface area (Å²) in [6, 6.07) is 4.85. The number of aromatic nitrogens is 1. The second-order valence-corrected chi connectivity index (χ2v) is 4.12. The number of hydrogen-bond donors (Lipinski definition) is 1. The lowest BCUT2D eigenvalue weighted by atomic mass is 10.3. The quantitative estimate of drug-likeness (QED) is 0.942. The van der Waals surface area contributed by atoms with E-state index < -0.39 is 12.3 Å². The van der Waals surface area contributed by atoms with Gasteiger partial charge in [-0.15, -0.1) is 24.5 Å². The Balaban J connectivity index is 2.01. The molecule has 4 nitrogen and oxygen atoms in total. The number of nitrogens with one attached hydrogen (secondary N) is 1. The molecule has 1 aromatic heterocycles. The lowest BCUT2D eigenvalue weighted by Crippen LogP contribution is -2.17. The number of anilines is 1. The first-order valence-corrected chi connectivity index (χ1v) is 5.94. The van der Waals surface area contributed by atoms with E-state index in [1.54, 1.807) is 5.38 Å². The Morgan fingerprint density at radius 3 is 2.47 bits per heavy atom. The first-order chi connectivity index (χ1) is 8.94. The van der Waals surface area contributed by atoms with E-state index in [1.165, 1.54) is 29.0 Å². The average molecular weight is 288 g/mol. The van der Waals surface area contributed by atoms with E-state index in [4.69, 9.17) is 0 Å². The number of carbonyl (C=O) groups is 1. The zero-order chi connectivity index (χ0) is 13.9. The third-order valence-electron chi connectivity index (χ3n) is 2.01. The van der Waals surface area contributed by atoms with Crippen LogP contribution >= 0.6 is 11.3 Å². The number of ether oxygens (including phenoxy) is 1. The Morgan fingerprint density at radius 2 is 1.95 bits per heavy atom. The van der Waals surface area contributed by atoms with Crippen molar-refractivity contribution in [2.45, 2.75) is 6.36 Å². The van der Waals surface area contributed by atoms with Crippen molar-refractivity contribution >= 4 is 22.9 Å². The van der Waals surface area contributed by atoms with Crippen LogP contribution in [0.25, 0.3) is 0 Å². The van der Waals surface area contributed by atoms with Gasteiger partial charge in [-0.2, -0.15) is 0 Å². The van der Waals surface area contributed by atoms with E-state index >= 15 is 0 Å². The summed E-state index contributed by atoms with van der Waals surface area (Å²) in [5, 5.41) is 4.07. The third-order valence-corrected chi connectivity index (χ3v) is 2.60. The highest BCUT2D eigenvalue weighted by Crippen LogP contribution is 2.24. The standard InChI is InChI=1S/C11H7F3N2O2S/c12-11(13,14)18-8-3-1-7(2-4-8)16-10(17)9-5-19-6-15-9/h1-6H,(H,16,17). The third kappa shape index (κ3) is 3.95. The topological polar surface area (TPSA) is 51.2 Å². The number of alkyl halides is 3. The average Bonchev–Trinajstić information content (AvgIpc) is 2.83. The molecular weight excluding hydrogens is 281 g/mol. The van der Waals surface area contributed by atoms with Crippen LogP contribution in [-0.4, -0.2) is 17.3 Å². The number of nitrogens with zero attached hydrogens (tertiary/aromatic N) is 1. The van der Waals surface area contributed by atoms with E-state index in [0.717, 1.165) is 12.1 Å². The van der Waals surface area contributed by atoms with Gasteiger partial charge in [-0.25, -0.2) is 4.98 Å². The first kappa shape index (κ1) is 13.3. The first-order valence-electron chi connectivity index (χ1n) is 4.99. The Bertz CT molecular complexity index is 552. The highest BCUT2D eigenvalue weighted by molar-refractivity contribution is 7.07. The van der Waals surface area contributed by atoms with Crippen LogP contribution in [0.3, 0.4) is 0 Å². The molecule has 0 aliphatic rings. The lowest BCUT2D eigenvalue weighted by molar-refractivity contribution is -0.274. The van der Waals surface area contributed by atoms with Crippen molar-refractivity contribution in [2.24, 2.45) is 0 Å². The van der Waals surface area contributed by atoms with E-state index in [1.807, 2.05) is 0 Å². The predicted molar refractivity (Wildman–Crippen MR) is 63.2 cm³/mol. The largest absolute Gasteiger partial charge is 0.573 e. The normalized spacial score (nSPS) is 11.1. The zero-order valence-electron chi connectivity index (χ0n) is 9.27. The molecule has 19 heavy (non-hydrogen) atoms. The molecule has 0 unspecified atom stereocenters. The van der Waals surface area contributed by atoms with Crippen LogP contribution in [0.5, 0.6) is 5.75 Å². The van der Waals surface area contributed by atoms with Crippen molar-refractivity contribution < 1.29 is 22.7 Å². The second kappa shape index (κ2) is 5.27. The molecule has 2 rings (SSSR count). The molecule has 0 atom stereocenters. The Hall–Kier alpha value is -2.09. The number of carbonyl (C=O) groups excluding carboxylic acids is 1. The molecule has 2 aromatic rings. The van der Waals surface area contributed by atoms with Crippen LogP contribution in [0, 0.1) is 0 Å². The molecule has 0 saturated heterocycles. The van der Waals surface area contributed by atoms with Crippen molar-refractivity contribution in [1.82, 2.24) is 4.98 Å². The van der Waals surface area contributed by atoms with E-state index in [2.05, 4.69) is 15.0 Å². The van der Waals surface area contributed by atoms with Gasteiger partial charge >= 0.3 is 6.36 Å². The summed E-state index contributed by atoms with van der Waals surface area (Å²) in [5.41, 5.74) is 2.11. The molecule has 100 valence electrons. The van der Waals surface area contributed by atoms with Crippen LogP contribution in [0.1, 0.15) is 10.5 Å². The molecule has 8 heteroatoms. The fraction of sp³-hybridized carbons (Fsp3) is 0.0909. The molecule has 0 aliphatic carbocycles. The lowest BCUT2D eigenvalue weighted by Gasteiger charge is -2.09. The predicted octanol–water partition coefficient (Wildman–Crippen LogP) is 3.29. The number of halogens is 3. The number of amides is 1. The van der Waals surface area contributed by atoms with Crippen LogP contribution in [0.2, 0.25) is 0 Å². The summed E-state index contributed by atoms with van der Waals surface area (Å²) in [6.07, 6.45) is -4.73. The zero-order valence-corrected chi connectivity index (χ0v) is 10.1. The number of rotatable bonds is 3. The summed E-state index contributed by atoms with van der Waals surface area (Å²) in [7, 11) is 0. The molecule has 1 N–H and O–H groups in total. The van der Waals surface area contributed by atoms with Gasteiger partial charge in [0, 0.05) is 11.1 Å². The van der Waals surface area contributed by atoms with Gasteiger partial charge in [-0.1, -0.05) is 0 Å². The van der Waals surface area contributed by atoms with Crippen molar-refractivity contribution in [2.75, 3.05) is 5.32 Å². The number of benzene rings is 1. The second-order valence-electron chi connectivity index (χ2n) is 3.40. The molecule has 0 spiro atoms. The summed E-state index contributed by atoms with van der Waals surface area (Å²) < 4.78 is 39.5. The van der Waals surface area contributed by atoms with Crippen LogP contribution in [-0.2, 0) is 0 Å². The van der Waals surface area contributed by atoms with Gasteiger partial charge in [-0.3, -0.25) is 4.79 Å². The minimum atomic E-state index is -4.73. The van der Waals surface area contributed by atoms with Gasteiger partial charge in [0.15, 0.2) is 0 Å². The molecule has 0 bridgehead atoms. The molecule has 0 fully saturated rings. The van der Waals surface area contributed by atoms with Gasteiger partial charge in [-0.05, 0) is 24.3 Å². The summed E-state index contributed by atoms with van der Waals surface area (Å²) in [4.78, 5) is 15.4. The molecule has 0 radical (unpaired) electrons. The van der Waals surface area contributed by atoms with Crippen molar-refractivity contribution in [3.63, 3.8) is 0 Å².